The number of carbonyl (C=O) groups is 3. The summed E-state index contributed by atoms with van der Waals surface area (Å²) in [7, 11) is 1.71. The Morgan fingerprint density at radius 2 is 1.88 bits per heavy atom. The van der Waals surface area contributed by atoms with Crippen molar-refractivity contribution in [2.24, 2.45) is 4.99 Å². The molecule has 2 aliphatic heterocycles. The number of amidine groups is 1. The molecule has 2 aromatic rings. The van der Waals surface area contributed by atoms with E-state index in [9.17, 15) is 14.4 Å². The number of piperidine rings is 1. The molecule has 4 rings (SSSR count). The number of likely N-dealkylation sites (tertiary alicyclic amines) is 1. The SMILES string of the molecule is Cc1ccc(CN(C)C(=O)c2ccc(NC(=O)CC3SC(N4CCCCC4)=NC3=O)cc2)o1. The normalized spacial score (nSPS) is 18.2. The first kappa shape index (κ1) is 23.1. The first-order valence-corrected chi connectivity index (χ1v) is 12.0. The van der Waals surface area contributed by atoms with Gasteiger partial charge in [-0.2, -0.15) is 4.99 Å². The van der Waals surface area contributed by atoms with E-state index < -0.39 is 5.25 Å². The van der Waals surface area contributed by atoms with Crippen molar-refractivity contribution in [3.05, 3.63) is 53.5 Å². The summed E-state index contributed by atoms with van der Waals surface area (Å²) in [5.74, 6) is 0.890. The number of carbonyl (C=O) groups excluding carboxylic acids is 3. The molecule has 8 nitrogen and oxygen atoms in total. The number of amides is 3. The van der Waals surface area contributed by atoms with Gasteiger partial charge in [0.2, 0.25) is 5.91 Å². The largest absolute Gasteiger partial charge is 0.464 e. The second-order valence-corrected chi connectivity index (χ2v) is 9.56. The Morgan fingerprint density at radius 3 is 2.55 bits per heavy atom. The summed E-state index contributed by atoms with van der Waals surface area (Å²) in [6.07, 6.45) is 3.49. The van der Waals surface area contributed by atoms with Crippen LogP contribution in [0.25, 0.3) is 0 Å². The fourth-order valence-electron chi connectivity index (χ4n) is 3.90. The van der Waals surface area contributed by atoms with Gasteiger partial charge in [-0.3, -0.25) is 14.4 Å². The van der Waals surface area contributed by atoms with E-state index in [4.69, 9.17) is 4.42 Å². The Kier molecular flexibility index (Phi) is 7.17. The monoisotopic (exact) mass is 468 g/mol. The lowest BCUT2D eigenvalue weighted by atomic mass is 10.1. The van der Waals surface area contributed by atoms with E-state index in [0.717, 1.165) is 42.6 Å². The summed E-state index contributed by atoms with van der Waals surface area (Å²) in [5.41, 5.74) is 1.09. The number of benzene rings is 1. The van der Waals surface area contributed by atoms with Crippen LogP contribution in [-0.2, 0) is 16.1 Å². The van der Waals surface area contributed by atoms with Gasteiger partial charge in [0.15, 0.2) is 5.17 Å². The zero-order chi connectivity index (χ0) is 23.4. The van der Waals surface area contributed by atoms with E-state index in [0.29, 0.717) is 17.8 Å². The second-order valence-electron chi connectivity index (χ2n) is 8.39. The van der Waals surface area contributed by atoms with Crippen LogP contribution in [-0.4, -0.2) is 58.1 Å². The zero-order valence-electron chi connectivity index (χ0n) is 18.9. The van der Waals surface area contributed by atoms with Gasteiger partial charge in [0, 0.05) is 37.8 Å². The Balaban J connectivity index is 1.27. The van der Waals surface area contributed by atoms with E-state index in [1.165, 1.54) is 18.2 Å². The van der Waals surface area contributed by atoms with Crippen molar-refractivity contribution in [2.75, 3.05) is 25.5 Å². The molecule has 33 heavy (non-hydrogen) atoms. The highest BCUT2D eigenvalue weighted by atomic mass is 32.2. The Hall–Kier alpha value is -3.07. The van der Waals surface area contributed by atoms with Crippen LogP contribution in [0.4, 0.5) is 5.69 Å². The number of aryl methyl sites for hydroxylation is 1. The number of hydrogen-bond acceptors (Lipinski definition) is 6. The summed E-state index contributed by atoms with van der Waals surface area (Å²) in [6, 6.07) is 10.4. The fraction of sp³-hybridized carbons (Fsp3) is 0.417. The average Bonchev–Trinajstić information content (AvgIpc) is 3.39. The van der Waals surface area contributed by atoms with Crippen molar-refractivity contribution in [3.63, 3.8) is 0 Å². The zero-order valence-corrected chi connectivity index (χ0v) is 19.7. The van der Waals surface area contributed by atoms with Gasteiger partial charge in [0.1, 0.15) is 16.8 Å². The van der Waals surface area contributed by atoms with Crippen LogP contribution in [0.1, 0.15) is 47.6 Å². The Morgan fingerprint density at radius 1 is 1.15 bits per heavy atom. The average molecular weight is 469 g/mol. The summed E-state index contributed by atoms with van der Waals surface area (Å²) >= 11 is 1.38. The van der Waals surface area contributed by atoms with Crippen LogP contribution in [0.5, 0.6) is 0 Å². The van der Waals surface area contributed by atoms with Gasteiger partial charge in [0.05, 0.1) is 6.54 Å². The molecule has 1 aromatic carbocycles. The lowest BCUT2D eigenvalue weighted by molar-refractivity contribution is -0.121. The number of furan rings is 1. The summed E-state index contributed by atoms with van der Waals surface area (Å²) in [4.78, 5) is 45.3. The fourth-order valence-corrected chi connectivity index (χ4v) is 5.02. The first-order chi connectivity index (χ1) is 15.9. The van der Waals surface area contributed by atoms with Crippen molar-refractivity contribution in [3.8, 4) is 0 Å². The van der Waals surface area contributed by atoms with Crippen molar-refractivity contribution < 1.29 is 18.8 Å². The van der Waals surface area contributed by atoms with Gasteiger partial charge < -0.3 is 19.5 Å². The van der Waals surface area contributed by atoms with Crippen molar-refractivity contribution in [1.82, 2.24) is 9.80 Å². The third kappa shape index (κ3) is 5.84. The molecule has 1 atom stereocenters. The lowest BCUT2D eigenvalue weighted by Crippen LogP contribution is -2.33. The number of rotatable bonds is 6. The second kappa shape index (κ2) is 10.2. The summed E-state index contributed by atoms with van der Waals surface area (Å²) in [5, 5.41) is 3.07. The topological polar surface area (TPSA) is 95.2 Å². The molecule has 3 heterocycles. The van der Waals surface area contributed by atoms with E-state index in [2.05, 4.69) is 15.2 Å². The van der Waals surface area contributed by atoms with E-state index in [-0.39, 0.29) is 24.1 Å². The smallest absolute Gasteiger partial charge is 0.262 e. The number of nitrogens with one attached hydrogen (secondary N) is 1. The molecule has 1 aromatic heterocycles. The molecule has 1 N–H and O–H groups in total. The first-order valence-electron chi connectivity index (χ1n) is 11.1. The molecular weight excluding hydrogens is 440 g/mol. The van der Waals surface area contributed by atoms with Gasteiger partial charge in [-0.1, -0.05) is 11.8 Å². The third-order valence-corrected chi connectivity index (χ3v) is 6.89. The van der Waals surface area contributed by atoms with Gasteiger partial charge in [0.25, 0.3) is 11.8 Å². The van der Waals surface area contributed by atoms with Crippen LogP contribution >= 0.6 is 11.8 Å². The van der Waals surface area contributed by atoms with Crippen LogP contribution in [0, 0.1) is 6.92 Å². The molecule has 0 radical (unpaired) electrons. The molecule has 0 saturated carbocycles. The van der Waals surface area contributed by atoms with Crippen molar-refractivity contribution in [2.45, 2.75) is 44.4 Å². The number of anilines is 1. The number of hydrogen-bond donors (Lipinski definition) is 1. The quantitative estimate of drug-likeness (QED) is 0.695. The van der Waals surface area contributed by atoms with Crippen LogP contribution in [0.2, 0.25) is 0 Å². The predicted octanol–water partition coefficient (Wildman–Crippen LogP) is 3.67. The number of aliphatic imine (C=N–C) groups is 1. The molecule has 1 saturated heterocycles. The minimum Gasteiger partial charge on any atom is -0.464 e. The molecule has 1 unspecified atom stereocenters. The molecule has 3 amide bonds. The standard InChI is InChI=1S/C24H28N4O4S/c1-16-6-11-19(32-16)15-27(2)23(31)17-7-9-18(10-8-17)25-21(29)14-20-22(30)26-24(33-20)28-12-4-3-5-13-28/h6-11,20H,3-5,12-15H2,1-2H3,(H,25,29). The molecule has 9 heteroatoms. The van der Waals surface area contributed by atoms with E-state index in [1.807, 2.05) is 19.1 Å². The minimum absolute atomic E-state index is 0.0658. The third-order valence-electron chi connectivity index (χ3n) is 5.68. The van der Waals surface area contributed by atoms with Gasteiger partial charge in [-0.05, 0) is 62.6 Å². The molecule has 0 aliphatic carbocycles. The number of thioether (sulfide) groups is 1. The molecular formula is C24H28N4O4S. The molecule has 0 spiro atoms. The highest BCUT2D eigenvalue weighted by molar-refractivity contribution is 8.15. The van der Waals surface area contributed by atoms with Crippen LogP contribution in [0.3, 0.4) is 0 Å². The summed E-state index contributed by atoms with van der Waals surface area (Å²) < 4.78 is 5.53. The predicted molar refractivity (Wildman–Crippen MR) is 128 cm³/mol. The molecule has 1 fully saturated rings. The maximum atomic E-state index is 12.7. The Bertz CT molecular complexity index is 1060. The van der Waals surface area contributed by atoms with Crippen LogP contribution in [0.15, 0.2) is 45.8 Å². The lowest BCUT2D eigenvalue weighted by Gasteiger charge is -2.27. The van der Waals surface area contributed by atoms with Gasteiger partial charge in [-0.15, -0.1) is 0 Å². The maximum Gasteiger partial charge on any atom is 0.262 e. The highest BCUT2D eigenvalue weighted by Gasteiger charge is 2.33. The molecule has 0 bridgehead atoms. The highest BCUT2D eigenvalue weighted by Crippen LogP contribution is 2.29. The maximum absolute atomic E-state index is 12.7. The molecule has 174 valence electrons. The van der Waals surface area contributed by atoms with E-state index >= 15 is 0 Å². The summed E-state index contributed by atoms with van der Waals surface area (Å²) in [6.45, 7) is 4.07. The number of nitrogens with zero attached hydrogens (tertiary/aromatic N) is 3. The van der Waals surface area contributed by atoms with Crippen molar-refractivity contribution in [1.29, 1.82) is 0 Å². The Labute approximate surface area is 197 Å². The van der Waals surface area contributed by atoms with Gasteiger partial charge in [-0.25, -0.2) is 0 Å². The minimum atomic E-state index is -0.485. The van der Waals surface area contributed by atoms with Gasteiger partial charge >= 0.3 is 0 Å². The molecule has 2 aliphatic rings. The van der Waals surface area contributed by atoms with Crippen molar-refractivity contribution >= 4 is 40.3 Å². The van der Waals surface area contributed by atoms with E-state index in [1.54, 1.807) is 36.2 Å². The van der Waals surface area contributed by atoms with Crippen LogP contribution < -0.4 is 5.32 Å².